The van der Waals surface area contributed by atoms with Crippen LogP contribution in [0, 0.1) is 18.8 Å². The molecule has 1 amide bonds. The van der Waals surface area contributed by atoms with Crippen molar-refractivity contribution in [3.63, 3.8) is 0 Å². The molecule has 1 aliphatic rings. The van der Waals surface area contributed by atoms with Gasteiger partial charge in [0.25, 0.3) is 5.91 Å². The van der Waals surface area contributed by atoms with E-state index < -0.39 is 5.97 Å². The van der Waals surface area contributed by atoms with Gasteiger partial charge in [-0.05, 0) is 79.3 Å². The van der Waals surface area contributed by atoms with E-state index in [2.05, 4.69) is 57.3 Å². The third kappa shape index (κ3) is 9.31. The van der Waals surface area contributed by atoms with Crippen molar-refractivity contribution in [2.45, 2.75) is 79.2 Å². The van der Waals surface area contributed by atoms with Gasteiger partial charge in [-0.25, -0.2) is 0 Å². The van der Waals surface area contributed by atoms with E-state index >= 15 is 0 Å². The van der Waals surface area contributed by atoms with Crippen molar-refractivity contribution in [2.24, 2.45) is 11.8 Å². The molecular weight excluding hydrogens is 490 g/mol. The highest BCUT2D eigenvalue weighted by molar-refractivity contribution is 6.04. The van der Waals surface area contributed by atoms with Crippen LogP contribution in [0.5, 0.6) is 5.75 Å². The number of carboxylic acids is 1. The quantitative estimate of drug-likeness (QED) is 0.203. The van der Waals surface area contributed by atoms with E-state index in [4.69, 9.17) is 14.6 Å². The largest absolute Gasteiger partial charge is 0.497 e. The summed E-state index contributed by atoms with van der Waals surface area (Å²) in [5.74, 6) is 1.23. The van der Waals surface area contributed by atoms with Crippen LogP contribution in [0.1, 0.15) is 82.6 Å². The van der Waals surface area contributed by atoms with E-state index in [9.17, 15) is 9.59 Å². The van der Waals surface area contributed by atoms with Crippen molar-refractivity contribution < 1.29 is 24.2 Å². The number of carboxylic acid groups (broad SMARTS) is 1. The first-order valence-electron chi connectivity index (χ1n) is 14.0. The van der Waals surface area contributed by atoms with Crippen LogP contribution in [-0.4, -0.2) is 23.6 Å². The number of allylic oxidation sites excluding steroid dienone is 2. The second kappa shape index (κ2) is 14.6. The van der Waals surface area contributed by atoms with Crippen molar-refractivity contribution in [2.75, 3.05) is 11.9 Å². The fourth-order valence-corrected chi connectivity index (χ4v) is 4.70. The van der Waals surface area contributed by atoms with Gasteiger partial charge in [0, 0.05) is 18.5 Å². The molecule has 1 unspecified atom stereocenters. The number of aryl methyl sites for hydroxylation is 1. The molecule has 0 fully saturated rings. The Balaban J connectivity index is 1.70. The van der Waals surface area contributed by atoms with Crippen LogP contribution in [0.15, 0.2) is 65.9 Å². The van der Waals surface area contributed by atoms with Crippen LogP contribution < -0.4 is 10.1 Å². The number of carbonyl (C=O) groups excluding carboxylic acids is 1. The number of rotatable bonds is 13. The summed E-state index contributed by atoms with van der Waals surface area (Å²) in [5.41, 5.74) is 4.72. The standard InChI is InChI=1S/C33H43NO5/c1-22(2)20-25-13-15-26(16-14-25)32(23(3)4)39-27-17-18-29(24(5)21-27)34-33(37)28-10-7-6-8-11-30(28)38-19-9-12-31(35)36/h6,8,13-18,21-23,32H,7,9-12,19-20H2,1-5H3,(H,34,37)(H,35,36). The van der Waals surface area contributed by atoms with Gasteiger partial charge >= 0.3 is 5.97 Å². The number of amides is 1. The molecular formula is C33H43NO5. The highest BCUT2D eigenvalue weighted by atomic mass is 16.5. The SMILES string of the molecule is Cc1cc(OC(c2ccc(CC(C)C)cc2)C(C)C)ccc1NC(=O)C1=C(OCCCC(=O)O)CC=CCC1. The predicted octanol–water partition coefficient (Wildman–Crippen LogP) is 7.78. The molecule has 6 nitrogen and oxygen atoms in total. The zero-order valence-corrected chi connectivity index (χ0v) is 24.0. The van der Waals surface area contributed by atoms with E-state index in [1.165, 1.54) is 5.56 Å². The summed E-state index contributed by atoms with van der Waals surface area (Å²) in [6.07, 6.45) is 7.31. The van der Waals surface area contributed by atoms with E-state index in [-0.39, 0.29) is 31.0 Å². The average molecular weight is 534 g/mol. The lowest BCUT2D eigenvalue weighted by molar-refractivity contribution is -0.137. The van der Waals surface area contributed by atoms with Crippen LogP contribution in [0.3, 0.4) is 0 Å². The fourth-order valence-electron chi connectivity index (χ4n) is 4.70. The molecule has 39 heavy (non-hydrogen) atoms. The zero-order valence-electron chi connectivity index (χ0n) is 24.0. The van der Waals surface area contributed by atoms with Gasteiger partial charge in [-0.15, -0.1) is 0 Å². The molecule has 0 saturated heterocycles. The third-order valence-corrected chi connectivity index (χ3v) is 6.72. The number of hydrogen-bond donors (Lipinski definition) is 2. The fraction of sp³-hybridized carbons (Fsp3) is 0.455. The van der Waals surface area contributed by atoms with Gasteiger partial charge in [-0.2, -0.15) is 0 Å². The van der Waals surface area contributed by atoms with Crippen molar-refractivity contribution in [1.82, 2.24) is 0 Å². The maximum absolute atomic E-state index is 13.3. The first-order valence-corrected chi connectivity index (χ1v) is 14.0. The number of ether oxygens (including phenoxy) is 2. The molecule has 3 rings (SSSR count). The van der Waals surface area contributed by atoms with Crippen LogP contribution in [0.25, 0.3) is 0 Å². The molecule has 1 atom stereocenters. The molecule has 2 aromatic rings. The predicted molar refractivity (Wildman–Crippen MR) is 156 cm³/mol. The summed E-state index contributed by atoms with van der Waals surface area (Å²) < 4.78 is 12.3. The molecule has 0 saturated carbocycles. The summed E-state index contributed by atoms with van der Waals surface area (Å²) in [6.45, 7) is 11.0. The molecule has 1 aliphatic carbocycles. The summed E-state index contributed by atoms with van der Waals surface area (Å²) in [7, 11) is 0. The Morgan fingerprint density at radius 2 is 1.77 bits per heavy atom. The van der Waals surface area contributed by atoms with Gasteiger partial charge in [-0.3, -0.25) is 9.59 Å². The topological polar surface area (TPSA) is 84.9 Å². The normalized spacial score (nSPS) is 14.3. The number of aliphatic carboxylic acids is 1. The summed E-state index contributed by atoms with van der Waals surface area (Å²) in [5, 5.41) is 11.9. The van der Waals surface area contributed by atoms with E-state index in [1.54, 1.807) is 0 Å². The first-order chi connectivity index (χ1) is 18.6. The zero-order chi connectivity index (χ0) is 28.4. The Kier molecular flexibility index (Phi) is 11.2. The highest BCUT2D eigenvalue weighted by Crippen LogP contribution is 2.31. The molecule has 210 valence electrons. The Hall–Kier alpha value is -3.54. The van der Waals surface area contributed by atoms with Crippen molar-refractivity contribution in [3.05, 3.63) is 82.6 Å². The van der Waals surface area contributed by atoms with Gasteiger partial charge < -0.3 is 19.9 Å². The second-order valence-corrected chi connectivity index (χ2v) is 11.0. The minimum absolute atomic E-state index is 0.0410. The number of benzene rings is 2. The van der Waals surface area contributed by atoms with Gasteiger partial charge in [-0.1, -0.05) is 64.1 Å². The van der Waals surface area contributed by atoms with E-state index in [1.807, 2.05) is 37.3 Å². The van der Waals surface area contributed by atoms with Crippen molar-refractivity contribution in [3.8, 4) is 5.75 Å². The Morgan fingerprint density at radius 1 is 1.03 bits per heavy atom. The van der Waals surface area contributed by atoms with Crippen LogP contribution in [-0.2, 0) is 20.7 Å². The maximum Gasteiger partial charge on any atom is 0.303 e. The molecule has 2 N–H and O–H groups in total. The Bertz CT molecular complexity index is 1180. The van der Waals surface area contributed by atoms with E-state index in [0.717, 1.165) is 35.4 Å². The molecule has 0 aliphatic heterocycles. The summed E-state index contributed by atoms with van der Waals surface area (Å²) in [4.78, 5) is 24.0. The summed E-state index contributed by atoms with van der Waals surface area (Å²) in [6, 6.07) is 14.5. The lowest BCUT2D eigenvalue weighted by Gasteiger charge is -2.24. The van der Waals surface area contributed by atoms with Crippen LogP contribution >= 0.6 is 0 Å². The molecule has 0 aromatic heterocycles. The minimum atomic E-state index is -0.853. The first kappa shape index (κ1) is 30.0. The molecule has 0 bridgehead atoms. The van der Waals surface area contributed by atoms with Crippen molar-refractivity contribution in [1.29, 1.82) is 0 Å². The molecule has 2 aromatic carbocycles. The van der Waals surface area contributed by atoms with Crippen LogP contribution in [0.2, 0.25) is 0 Å². The smallest absolute Gasteiger partial charge is 0.303 e. The lowest BCUT2D eigenvalue weighted by Crippen LogP contribution is -2.18. The van der Waals surface area contributed by atoms with Gasteiger partial charge in [0.15, 0.2) is 0 Å². The van der Waals surface area contributed by atoms with Gasteiger partial charge in [0.1, 0.15) is 17.6 Å². The Morgan fingerprint density at radius 3 is 2.41 bits per heavy atom. The second-order valence-electron chi connectivity index (χ2n) is 11.0. The van der Waals surface area contributed by atoms with Crippen LogP contribution in [0.4, 0.5) is 5.69 Å². The highest BCUT2D eigenvalue weighted by Gasteiger charge is 2.21. The molecule has 0 spiro atoms. The number of carbonyl (C=O) groups is 2. The van der Waals surface area contributed by atoms with E-state index in [0.29, 0.717) is 36.5 Å². The Labute approximate surface area is 233 Å². The lowest BCUT2D eigenvalue weighted by atomic mass is 9.95. The van der Waals surface area contributed by atoms with Crippen molar-refractivity contribution >= 4 is 17.6 Å². The number of nitrogens with one attached hydrogen (secondary N) is 1. The molecule has 6 heteroatoms. The number of hydrogen-bond acceptors (Lipinski definition) is 4. The maximum atomic E-state index is 13.3. The van der Waals surface area contributed by atoms with Gasteiger partial charge in [0.05, 0.1) is 12.2 Å². The third-order valence-electron chi connectivity index (χ3n) is 6.72. The number of anilines is 1. The molecule has 0 radical (unpaired) electrons. The summed E-state index contributed by atoms with van der Waals surface area (Å²) >= 11 is 0. The molecule has 0 heterocycles. The monoisotopic (exact) mass is 533 g/mol. The average Bonchev–Trinajstić information content (AvgIpc) is 3.12. The minimum Gasteiger partial charge on any atom is -0.497 e. The van der Waals surface area contributed by atoms with Gasteiger partial charge in [0.2, 0.25) is 0 Å².